The van der Waals surface area contributed by atoms with Gasteiger partial charge >= 0.3 is 0 Å². The van der Waals surface area contributed by atoms with E-state index in [2.05, 4.69) is 23.1 Å². The molecule has 3 heterocycles. The van der Waals surface area contributed by atoms with Crippen molar-refractivity contribution >= 4 is 28.7 Å². The number of benzene rings is 1. The van der Waals surface area contributed by atoms with Gasteiger partial charge in [0.1, 0.15) is 5.39 Å². The molecule has 0 spiro atoms. The summed E-state index contributed by atoms with van der Waals surface area (Å²) in [6.45, 7) is 8.07. The first-order chi connectivity index (χ1) is 13.5. The van der Waals surface area contributed by atoms with E-state index < -0.39 is 0 Å². The van der Waals surface area contributed by atoms with Crippen molar-refractivity contribution in [1.29, 1.82) is 0 Å². The molecule has 1 unspecified atom stereocenters. The van der Waals surface area contributed by atoms with Gasteiger partial charge in [-0.05, 0) is 25.5 Å². The molecule has 0 saturated heterocycles. The zero-order valence-corrected chi connectivity index (χ0v) is 16.6. The van der Waals surface area contributed by atoms with Crippen molar-refractivity contribution in [3.05, 3.63) is 58.5 Å². The highest BCUT2D eigenvalue weighted by Gasteiger charge is 2.29. The van der Waals surface area contributed by atoms with Gasteiger partial charge in [0.2, 0.25) is 5.91 Å². The SMILES string of the molecule is C=CCNC(=O)CC1CSc2nc3c(cnn3-c3ccc(C)cc3C)c(=O)n21. The van der Waals surface area contributed by atoms with Crippen LogP contribution in [0.25, 0.3) is 16.7 Å². The van der Waals surface area contributed by atoms with E-state index in [-0.39, 0.29) is 23.9 Å². The number of nitrogens with one attached hydrogen (secondary N) is 1. The van der Waals surface area contributed by atoms with Gasteiger partial charge in [0, 0.05) is 18.7 Å². The molecule has 1 amide bonds. The molecule has 7 nitrogen and oxygen atoms in total. The van der Waals surface area contributed by atoms with Crippen LogP contribution in [0.2, 0.25) is 0 Å². The summed E-state index contributed by atoms with van der Waals surface area (Å²) >= 11 is 1.50. The van der Waals surface area contributed by atoms with Gasteiger partial charge in [-0.25, -0.2) is 9.67 Å². The Kier molecular flexibility index (Phi) is 4.80. The summed E-state index contributed by atoms with van der Waals surface area (Å²) in [6, 6.07) is 5.88. The number of amides is 1. The number of aromatic nitrogens is 4. The Morgan fingerprint density at radius 2 is 2.25 bits per heavy atom. The lowest BCUT2D eigenvalue weighted by atomic mass is 10.1. The second-order valence-corrected chi connectivity index (χ2v) is 7.90. The van der Waals surface area contributed by atoms with Crippen LogP contribution in [0.5, 0.6) is 0 Å². The first kappa shape index (κ1) is 18.5. The molecule has 1 aromatic carbocycles. The number of nitrogens with zero attached hydrogens (tertiary/aromatic N) is 4. The number of aryl methyl sites for hydroxylation is 2. The Balaban J connectivity index is 1.75. The third-order valence-electron chi connectivity index (χ3n) is 4.82. The molecule has 0 aliphatic carbocycles. The summed E-state index contributed by atoms with van der Waals surface area (Å²) in [5, 5.41) is 8.28. The molecule has 28 heavy (non-hydrogen) atoms. The maximum atomic E-state index is 13.1. The van der Waals surface area contributed by atoms with Gasteiger partial charge in [-0.15, -0.1) is 6.58 Å². The largest absolute Gasteiger partial charge is 0.353 e. The van der Waals surface area contributed by atoms with Gasteiger partial charge in [0.25, 0.3) is 5.56 Å². The zero-order chi connectivity index (χ0) is 19.8. The topological polar surface area (TPSA) is 81.8 Å². The minimum Gasteiger partial charge on any atom is -0.353 e. The van der Waals surface area contributed by atoms with Crippen LogP contribution >= 0.6 is 11.8 Å². The van der Waals surface area contributed by atoms with Crippen molar-refractivity contribution in [3.8, 4) is 5.69 Å². The van der Waals surface area contributed by atoms with Crippen molar-refractivity contribution in [2.45, 2.75) is 31.5 Å². The lowest BCUT2D eigenvalue weighted by Gasteiger charge is -2.13. The number of carbonyl (C=O) groups excluding carboxylic acids is 1. The summed E-state index contributed by atoms with van der Waals surface area (Å²) in [5.41, 5.74) is 3.53. The van der Waals surface area contributed by atoms with Crippen LogP contribution < -0.4 is 10.9 Å². The van der Waals surface area contributed by atoms with Gasteiger partial charge in [0.15, 0.2) is 10.8 Å². The van der Waals surface area contributed by atoms with Gasteiger partial charge < -0.3 is 5.32 Å². The molecule has 1 aliphatic heterocycles. The van der Waals surface area contributed by atoms with E-state index in [1.165, 1.54) is 17.3 Å². The Hall–Kier alpha value is -2.87. The fourth-order valence-electron chi connectivity index (χ4n) is 3.47. The Morgan fingerprint density at radius 3 is 3.00 bits per heavy atom. The Morgan fingerprint density at radius 1 is 1.43 bits per heavy atom. The molecule has 0 bridgehead atoms. The smallest absolute Gasteiger partial charge is 0.265 e. The molecule has 8 heteroatoms. The average molecular weight is 395 g/mol. The highest BCUT2D eigenvalue weighted by Crippen LogP contribution is 2.33. The Labute approximate surface area is 166 Å². The first-order valence-corrected chi connectivity index (χ1v) is 10.1. The number of hydrogen-bond acceptors (Lipinski definition) is 5. The van der Waals surface area contributed by atoms with Crippen LogP contribution in [0.15, 0.2) is 47.0 Å². The molecule has 0 saturated carbocycles. The predicted molar refractivity (Wildman–Crippen MR) is 110 cm³/mol. The second kappa shape index (κ2) is 7.27. The number of carbonyl (C=O) groups is 1. The quantitative estimate of drug-likeness (QED) is 0.530. The normalized spacial score (nSPS) is 15.6. The van der Waals surface area contributed by atoms with Crippen LogP contribution in [-0.4, -0.2) is 37.5 Å². The van der Waals surface area contributed by atoms with Crippen molar-refractivity contribution < 1.29 is 4.79 Å². The summed E-state index contributed by atoms with van der Waals surface area (Å²) in [5.74, 6) is 0.546. The van der Waals surface area contributed by atoms with E-state index in [0.717, 1.165) is 11.3 Å². The summed E-state index contributed by atoms with van der Waals surface area (Å²) in [4.78, 5) is 29.9. The number of hydrogen-bond donors (Lipinski definition) is 1. The van der Waals surface area contributed by atoms with Crippen molar-refractivity contribution in [1.82, 2.24) is 24.6 Å². The molecule has 2 aromatic heterocycles. The van der Waals surface area contributed by atoms with E-state index >= 15 is 0 Å². The maximum absolute atomic E-state index is 13.1. The predicted octanol–water partition coefficient (Wildman–Crippen LogP) is 2.54. The summed E-state index contributed by atoms with van der Waals surface area (Å²) in [7, 11) is 0. The first-order valence-electron chi connectivity index (χ1n) is 9.08. The van der Waals surface area contributed by atoms with E-state index in [4.69, 9.17) is 4.98 Å². The fraction of sp³-hybridized carbons (Fsp3) is 0.300. The minimum absolute atomic E-state index is 0.101. The van der Waals surface area contributed by atoms with Gasteiger partial charge in [0.05, 0.1) is 17.9 Å². The van der Waals surface area contributed by atoms with Crippen molar-refractivity contribution in [3.63, 3.8) is 0 Å². The molecular formula is C20H21N5O2S. The third-order valence-corrected chi connectivity index (χ3v) is 5.91. The minimum atomic E-state index is -0.210. The van der Waals surface area contributed by atoms with Crippen LogP contribution in [0.4, 0.5) is 0 Å². The molecule has 0 fully saturated rings. The number of thioether (sulfide) groups is 1. The molecule has 1 atom stereocenters. The molecule has 1 N–H and O–H groups in total. The molecule has 0 radical (unpaired) electrons. The lowest BCUT2D eigenvalue weighted by molar-refractivity contribution is -0.121. The van der Waals surface area contributed by atoms with Crippen LogP contribution in [0, 0.1) is 13.8 Å². The molecule has 3 aromatic rings. The van der Waals surface area contributed by atoms with Crippen LogP contribution in [-0.2, 0) is 4.79 Å². The van der Waals surface area contributed by atoms with Crippen LogP contribution in [0.3, 0.4) is 0 Å². The number of rotatable bonds is 5. The standard InChI is InChI=1S/C20H21N5O2S/c1-4-7-21-17(26)9-14-11-28-20-23-18-15(19(27)24(14)20)10-22-25(18)16-6-5-12(2)8-13(16)3/h4-6,8,10,14H,1,7,9,11H2,2-3H3,(H,21,26). The van der Waals surface area contributed by atoms with Crippen molar-refractivity contribution in [2.24, 2.45) is 0 Å². The highest BCUT2D eigenvalue weighted by molar-refractivity contribution is 7.99. The molecule has 144 valence electrons. The zero-order valence-electron chi connectivity index (χ0n) is 15.8. The summed E-state index contributed by atoms with van der Waals surface area (Å²) in [6.07, 6.45) is 3.44. The molecule has 1 aliphatic rings. The highest BCUT2D eigenvalue weighted by atomic mass is 32.2. The van der Waals surface area contributed by atoms with Gasteiger partial charge in [-0.2, -0.15) is 5.10 Å². The van der Waals surface area contributed by atoms with E-state index in [9.17, 15) is 9.59 Å². The van der Waals surface area contributed by atoms with Crippen LogP contribution in [0.1, 0.15) is 23.6 Å². The van der Waals surface area contributed by atoms with E-state index in [1.807, 2.05) is 26.0 Å². The third kappa shape index (κ3) is 3.13. The van der Waals surface area contributed by atoms with E-state index in [0.29, 0.717) is 28.5 Å². The van der Waals surface area contributed by atoms with E-state index in [1.54, 1.807) is 21.5 Å². The maximum Gasteiger partial charge on any atom is 0.265 e. The fourth-order valence-corrected chi connectivity index (χ4v) is 4.60. The summed E-state index contributed by atoms with van der Waals surface area (Å²) < 4.78 is 3.35. The second-order valence-electron chi connectivity index (χ2n) is 6.91. The molecular weight excluding hydrogens is 374 g/mol. The lowest BCUT2D eigenvalue weighted by Crippen LogP contribution is -2.30. The number of fused-ring (bicyclic) bond motifs is 2. The Bertz CT molecular complexity index is 1150. The van der Waals surface area contributed by atoms with Crippen molar-refractivity contribution in [2.75, 3.05) is 12.3 Å². The van der Waals surface area contributed by atoms with Gasteiger partial charge in [-0.3, -0.25) is 14.2 Å². The average Bonchev–Trinajstić information content (AvgIpc) is 3.25. The van der Waals surface area contributed by atoms with Gasteiger partial charge in [-0.1, -0.05) is 35.5 Å². The molecule has 4 rings (SSSR count). The monoisotopic (exact) mass is 395 g/mol.